The maximum Gasteiger partial charge on any atom is 0.236 e. The number of aromatic nitrogens is 1. The van der Waals surface area contributed by atoms with Crippen LogP contribution >= 0.6 is 22.6 Å². The van der Waals surface area contributed by atoms with Crippen LogP contribution in [-0.2, 0) is 22.6 Å². The van der Waals surface area contributed by atoms with Gasteiger partial charge in [0, 0.05) is 44.2 Å². The van der Waals surface area contributed by atoms with Crippen molar-refractivity contribution in [2.24, 2.45) is 11.7 Å². The number of nitrogens with one attached hydrogen (secondary N) is 2. The zero-order valence-corrected chi connectivity index (χ0v) is 22.2. The molecule has 2 aliphatic rings. The van der Waals surface area contributed by atoms with E-state index in [1.807, 2.05) is 17.0 Å². The van der Waals surface area contributed by atoms with Gasteiger partial charge in [-0.15, -0.1) is 0 Å². The van der Waals surface area contributed by atoms with Crippen LogP contribution in [0.2, 0.25) is 0 Å². The Bertz CT molecular complexity index is 1030. The summed E-state index contributed by atoms with van der Waals surface area (Å²) in [6.45, 7) is 3.84. The molecule has 190 valence electrons. The lowest BCUT2D eigenvalue weighted by atomic mass is 9.95. The second kappa shape index (κ2) is 11.7. The fraction of sp³-hybridized carbons (Fsp3) is 0.560. The number of amides is 2. The number of hydrogen-bond acceptors (Lipinski definition) is 7. The Hall–Kier alpha value is -2.18. The van der Waals surface area contributed by atoms with Crippen molar-refractivity contribution in [3.63, 3.8) is 0 Å². The van der Waals surface area contributed by atoms with Gasteiger partial charge in [0.15, 0.2) is 0 Å². The van der Waals surface area contributed by atoms with Crippen molar-refractivity contribution >= 4 is 34.4 Å². The van der Waals surface area contributed by atoms with Crippen LogP contribution in [0.25, 0.3) is 0 Å². The highest BCUT2D eigenvalue weighted by molar-refractivity contribution is 14.1. The number of nitrogens with zero attached hydrogens (tertiary/aromatic N) is 2. The first kappa shape index (κ1) is 25.9. The van der Waals surface area contributed by atoms with Gasteiger partial charge in [-0.1, -0.05) is 11.2 Å². The van der Waals surface area contributed by atoms with Gasteiger partial charge in [-0.3, -0.25) is 9.59 Å². The second-order valence-electron chi connectivity index (χ2n) is 9.70. The van der Waals surface area contributed by atoms with Crippen molar-refractivity contribution in [3.8, 4) is 5.75 Å². The number of carbonyl (C=O) groups excluding carboxylic acids is 2. The molecule has 0 radical (unpaired) electrons. The Kier molecular flexibility index (Phi) is 8.66. The number of carbonyl (C=O) groups is 2. The van der Waals surface area contributed by atoms with E-state index in [2.05, 4.69) is 44.4 Å². The average molecular weight is 595 g/mol. The van der Waals surface area contributed by atoms with Crippen LogP contribution in [-0.4, -0.2) is 58.7 Å². The van der Waals surface area contributed by atoms with Gasteiger partial charge in [0.05, 0.1) is 21.2 Å². The van der Waals surface area contributed by atoms with E-state index in [0.717, 1.165) is 33.4 Å². The van der Waals surface area contributed by atoms with Crippen LogP contribution in [0.5, 0.6) is 5.75 Å². The summed E-state index contributed by atoms with van der Waals surface area (Å²) in [6.07, 6.45) is 4.57. The van der Waals surface area contributed by atoms with E-state index in [0.29, 0.717) is 38.0 Å². The fourth-order valence-corrected chi connectivity index (χ4v) is 4.96. The van der Waals surface area contributed by atoms with Gasteiger partial charge < -0.3 is 30.9 Å². The molecule has 2 heterocycles. The summed E-state index contributed by atoms with van der Waals surface area (Å²) in [5, 5.41) is 20.4. The van der Waals surface area contributed by atoms with Gasteiger partial charge in [-0.05, 0) is 79.3 Å². The molecule has 1 aromatic heterocycles. The number of piperidine rings is 1. The fourth-order valence-electron chi connectivity index (χ4n) is 4.38. The highest BCUT2D eigenvalue weighted by Crippen LogP contribution is 2.40. The Morgan fingerprint density at radius 1 is 1.26 bits per heavy atom. The molecular formula is C25H34IN5O4. The molecule has 2 fully saturated rings. The summed E-state index contributed by atoms with van der Waals surface area (Å²) in [4.78, 5) is 27.4. The lowest BCUT2D eigenvalue weighted by Gasteiger charge is -2.34. The number of aromatic hydroxyl groups is 1. The molecule has 10 heteroatoms. The summed E-state index contributed by atoms with van der Waals surface area (Å²) >= 11 is 2.07. The molecular weight excluding hydrogens is 561 g/mol. The minimum atomic E-state index is -0.632. The van der Waals surface area contributed by atoms with Crippen LogP contribution < -0.4 is 16.4 Å². The van der Waals surface area contributed by atoms with Gasteiger partial charge >= 0.3 is 0 Å². The van der Waals surface area contributed by atoms with Crippen molar-refractivity contribution in [3.05, 3.63) is 44.9 Å². The molecule has 5 N–H and O–H groups in total. The Morgan fingerprint density at radius 3 is 2.66 bits per heavy atom. The molecule has 35 heavy (non-hydrogen) atoms. The number of nitrogens with two attached hydrogens (primary N) is 1. The Labute approximate surface area is 219 Å². The van der Waals surface area contributed by atoms with Gasteiger partial charge in [-0.25, -0.2) is 0 Å². The standard InChI is InChI=1S/C25H34IN5O4/c1-15(27)24(33)29-13-18(10-16-2-5-22(32)21(26)11-16)25(34)31-8-6-19(7-9-31)28-14-20-12-23(35-30-20)17-3-4-17/h2,5,11-12,15,17-19,28,32H,3-4,6-10,13-14,27H2,1H3,(H,29,33)/t15-,18+/m1/s1. The number of phenols is 1. The summed E-state index contributed by atoms with van der Waals surface area (Å²) in [7, 11) is 0. The Morgan fingerprint density at radius 2 is 2.00 bits per heavy atom. The number of halogens is 1. The predicted octanol–water partition coefficient (Wildman–Crippen LogP) is 2.27. The first-order valence-electron chi connectivity index (χ1n) is 12.3. The van der Waals surface area contributed by atoms with E-state index in [9.17, 15) is 14.7 Å². The van der Waals surface area contributed by atoms with Crippen LogP contribution in [0, 0.1) is 9.49 Å². The zero-order valence-electron chi connectivity index (χ0n) is 20.0. The minimum absolute atomic E-state index is 0.0297. The number of phenolic OH excluding ortho intramolecular Hbond substituents is 1. The van der Waals surface area contributed by atoms with Crippen LogP contribution in [0.1, 0.15) is 55.5 Å². The quantitative estimate of drug-likeness (QED) is 0.310. The second-order valence-corrected chi connectivity index (χ2v) is 10.9. The Balaban J connectivity index is 1.31. The van der Waals surface area contributed by atoms with Gasteiger partial charge in [0.2, 0.25) is 11.8 Å². The van der Waals surface area contributed by atoms with Crippen LogP contribution in [0.3, 0.4) is 0 Å². The maximum absolute atomic E-state index is 13.4. The molecule has 4 rings (SSSR count). The van der Waals surface area contributed by atoms with Gasteiger partial charge in [0.25, 0.3) is 0 Å². The molecule has 1 aliphatic heterocycles. The highest BCUT2D eigenvalue weighted by Gasteiger charge is 2.30. The largest absolute Gasteiger partial charge is 0.507 e. The lowest BCUT2D eigenvalue weighted by molar-refractivity contribution is -0.136. The third kappa shape index (κ3) is 7.17. The van der Waals surface area contributed by atoms with Gasteiger partial charge in [-0.2, -0.15) is 0 Å². The molecule has 2 amide bonds. The normalized spacial score (nSPS) is 18.3. The number of likely N-dealkylation sites (tertiary alicyclic amines) is 1. The highest BCUT2D eigenvalue weighted by atomic mass is 127. The average Bonchev–Trinajstić information content (AvgIpc) is 3.60. The third-order valence-electron chi connectivity index (χ3n) is 6.72. The summed E-state index contributed by atoms with van der Waals surface area (Å²) in [6, 6.07) is 7.06. The number of rotatable bonds is 10. The van der Waals surface area contributed by atoms with Crippen molar-refractivity contribution in [1.82, 2.24) is 20.7 Å². The third-order valence-corrected chi connectivity index (χ3v) is 7.58. The summed E-state index contributed by atoms with van der Waals surface area (Å²) in [5.74, 6) is 1.12. The number of benzene rings is 1. The van der Waals surface area contributed by atoms with Crippen LogP contribution in [0.15, 0.2) is 28.8 Å². The van der Waals surface area contributed by atoms with E-state index in [1.54, 1.807) is 13.0 Å². The van der Waals surface area contributed by atoms with E-state index < -0.39 is 12.0 Å². The molecule has 2 aromatic rings. The van der Waals surface area contributed by atoms with Crippen molar-refractivity contribution in [2.75, 3.05) is 19.6 Å². The minimum Gasteiger partial charge on any atom is -0.507 e. The molecule has 0 unspecified atom stereocenters. The molecule has 2 atom stereocenters. The smallest absolute Gasteiger partial charge is 0.236 e. The molecule has 1 aromatic carbocycles. The molecule has 0 spiro atoms. The molecule has 1 saturated carbocycles. The number of hydrogen-bond donors (Lipinski definition) is 4. The maximum atomic E-state index is 13.4. The monoisotopic (exact) mass is 595 g/mol. The van der Waals surface area contributed by atoms with Gasteiger partial charge in [0.1, 0.15) is 11.5 Å². The van der Waals surface area contributed by atoms with Crippen molar-refractivity contribution in [1.29, 1.82) is 0 Å². The molecule has 9 nitrogen and oxygen atoms in total. The van der Waals surface area contributed by atoms with E-state index in [4.69, 9.17) is 10.3 Å². The van der Waals surface area contributed by atoms with E-state index in [1.165, 1.54) is 12.8 Å². The topological polar surface area (TPSA) is 134 Å². The van der Waals surface area contributed by atoms with Crippen molar-refractivity contribution in [2.45, 2.75) is 63.6 Å². The molecule has 1 saturated heterocycles. The first-order chi connectivity index (χ1) is 16.8. The molecule has 0 bridgehead atoms. The van der Waals surface area contributed by atoms with Crippen molar-refractivity contribution < 1.29 is 19.2 Å². The van der Waals surface area contributed by atoms with Crippen LogP contribution in [0.4, 0.5) is 0 Å². The lowest BCUT2D eigenvalue weighted by Crippen LogP contribution is -2.49. The SMILES string of the molecule is C[C@@H](N)C(=O)NC[C@H](Cc1ccc(O)c(I)c1)C(=O)N1CCC(NCc2cc(C3CC3)on2)CC1. The first-order valence-corrected chi connectivity index (χ1v) is 13.4. The zero-order chi connectivity index (χ0) is 24.9. The molecule has 1 aliphatic carbocycles. The summed E-state index contributed by atoms with van der Waals surface area (Å²) < 4.78 is 6.16. The predicted molar refractivity (Wildman–Crippen MR) is 140 cm³/mol. The van der Waals surface area contributed by atoms with E-state index in [-0.39, 0.29) is 24.1 Å². The van der Waals surface area contributed by atoms with E-state index >= 15 is 0 Å². The summed E-state index contributed by atoms with van der Waals surface area (Å²) in [5.41, 5.74) is 7.55.